The van der Waals surface area contributed by atoms with Crippen LogP contribution in [0, 0.1) is 12.8 Å². The van der Waals surface area contributed by atoms with Crippen LogP contribution in [-0.2, 0) is 9.59 Å². The predicted molar refractivity (Wildman–Crippen MR) is 108 cm³/mol. The lowest BCUT2D eigenvalue weighted by Gasteiger charge is -2.30. The Bertz CT molecular complexity index is 978. The Morgan fingerprint density at radius 2 is 1.57 bits per heavy atom. The zero-order valence-corrected chi connectivity index (χ0v) is 16.8. The molecule has 2 amide bonds. The quantitative estimate of drug-likeness (QED) is 0.698. The number of carbonyl (C=O) groups is 2. The van der Waals surface area contributed by atoms with E-state index in [1.54, 1.807) is 18.2 Å². The molecule has 144 valence electrons. The lowest BCUT2D eigenvalue weighted by atomic mass is 9.89. The zero-order chi connectivity index (χ0) is 19.6. The van der Waals surface area contributed by atoms with Crippen molar-refractivity contribution in [2.75, 3.05) is 18.0 Å². The minimum absolute atomic E-state index is 0.138. The van der Waals surface area contributed by atoms with Crippen LogP contribution >= 0.6 is 23.2 Å². The van der Waals surface area contributed by atoms with Gasteiger partial charge in [-0.05, 0) is 37.1 Å². The zero-order valence-electron chi connectivity index (χ0n) is 15.3. The van der Waals surface area contributed by atoms with Gasteiger partial charge in [-0.1, -0.05) is 53.0 Å². The normalized spacial score (nSPS) is 27.5. The Balaban J connectivity index is 1.59. The van der Waals surface area contributed by atoms with Gasteiger partial charge in [0.15, 0.2) is 0 Å². The van der Waals surface area contributed by atoms with E-state index < -0.39 is 12.0 Å². The lowest BCUT2D eigenvalue weighted by Crippen LogP contribution is -2.44. The first kappa shape index (κ1) is 18.1. The van der Waals surface area contributed by atoms with Crippen LogP contribution in [0.1, 0.15) is 23.6 Å². The molecule has 0 aliphatic carbocycles. The molecule has 28 heavy (non-hydrogen) atoms. The van der Waals surface area contributed by atoms with Crippen molar-refractivity contribution in [3.63, 3.8) is 0 Å². The van der Waals surface area contributed by atoms with Crippen LogP contribution in [0.25, 0.3) is 0 Å². The van der Waals surface area contributed by atoms with Gasteiger partial charge in [0.2, 0.25) is 5.91 Å². The smallest absolute Gasteiger partial charge is 0.253 e. The summed E-state index contributed by atoms with van der Waals surface area (Å²) in [5, 5.41) is 5.06. The summed E-state index contributed by atoms with van der Waals surface area (Å²) in [5.74, 6) is -0.845. The van der Waals surface area contributed by atoms with E-state index in [1.807, 2.05) is 6.92 Å². The van der Waals surface area contributed by atoms with Gasteiger partial charge in [0.25, 0.3) is 5.91 Å². The van der Waals surface area contributed by atoms with E-state index in [2.05, 4.69) is 34.3 Å². The molecule has 0 N–H and O–H groups in total. The molecule has 0 aromatic heterocycles. The van der Waals surface area contributed by atoms with Crippen LogP contribution in [-0.4, -0.2) is 41.0 Å². The second-order valence-corrected chi connectivity index (χ2v) is 8.46. The first-order valence-corrected chi connectivity index (χ1v) is 10.2. The summed E-state index contributed by atoms with van der Waals surface area (Å²) in [4.78, 5) is 28.1. The molecule has 3 aliphatic heterocycles. The Hall–Kier alpha value is -1.92. The molecular formula is C21H19Cl2N3O2. The maximum Gasteiger partial charge on any atom is 0.253 e. The fourth-order valence-electron chi connectivity index (χ4n) is 4.78. The fourth-order valence-corrected chi connectivity index (χ4v) is 5.27. The minimum atomic E-state index is -0.479. The van der Waals surface area contributed by atoms with Gasteiger partial charge < -0.3 is 0 Å². The molecule has 0 saturated carbocycles. The SMILES string of the molecule is Cc1ccc(C2C3C(=O)N(c4ccc(Cl)cc4Cl)C(=O)C3N3CCCN23)cc1. The van der Waals surface area contributed by atoms with Gasteiger partial charge in [0.05, 0.1) is 22.7 Å². The van der Waals surface area contributed by atoms with Gasteiger partial charge in [0.1, 0.15) is 6.04 Å². The molecule has 7 heteroatoms. The third-order valence-corrected chi connectivity index (χ3v) is 6.51. The summed E-state index contributed by atoms with van der Waals surface area (Å²) in [6, 6.07) is 12.5. The standard InChI is InChI=1S/C21H19Cl2N3O2/c1-12-3-5-13(6-4-12)18-17-19(25-10-2-9-24(18)25)21(28)26(20(17)27)16-8-7-14(22)11-15(16)23/h3-8,11,17-19H,2,9-10H2,1H3. The van der Waals surface area contributed by atoms with Crippen molar-refractivity contribution in [1.29, 1.82) is 0 Å². The Morgan fingerprint density at radius 1 is 0.893 bits per heavy atom. The molecule has 3 saturated heterocycles. The number of carbonyl (C=O) groups excluding carboxylic acids is 2. The van der Waals surface area contributed by atoms with E-state index >= 15 is 0 Å². The summed E-state index contributed by atoms with van der Waals surface area (Å²) in [7, 11) is 0. The molecule has 3 atom stereocenters. The Morgan fingerprint density at radius 3 is 2.25 bits per heavy atom. The van der Waals surface area contributed by atoms with Gasteiger partial charge in [-0.15, -0.1) is 0 Å². The van der Waals surface area contributed by atoms with E-state index in [1.165, 1.54) is 10.5 Å². The summed E-state index contributed by atoms with van der Waals surface area (Å²) in [5.41, 5.74) is 2.64. The first-order chi connectivity index (χ1) is 13.5. The van der Waals surface area contributed by atoms with Gasteiger partial charge in [-0.3, -0.25) is 9.59 Å². The maximum atomic E-state index is 13.5. The van der Waals surface area contributed by atoms with Crippen LogP contribution in [0.15, 0.2) is 42.5 Å². The third-order valence-electron chi connectivity index (χ3n) is 5.98. The monoisotopic (exact) mass is 415 g/mol. The number of aryl methyl sites for hydroxylation is 1. The maximum absolute atomic E-state index is 13.5. The summed E-state index contributed by atoms with van der Waals surface area (Å²) in [6.07, 6.45) is 0.981. The molecule has 2 aromatic carbocycles. The number of anilines is 1. The van der Waals surface area contributed by atoms with Crippen molar-refractivity contribution >= 4 is 40.7 Å². The highest BCUT2D eigenvalue weighted by Crippen LogP contribution is 2.49. The second-order valence-electron chi connectivity index (χ2n) is 7.61. The summed E-state index contributed by atoms with van der Waals surface area (Å²) >= 11 is 12.3. The molecule has 2 aromatic rings. The topological polar surface area (TPSA) is 43.9 Å². The molecule has 3 fully saturated rings. The van der Waals surface area contributed by atoms with Crippen molar-refractivity contribution < 1.29 is 9.59 Å². The predicted octanol–water partition coefficient (Wildman–Crippen LogP) is 3.84. The highest BCUT2D eigenvalue weighted by atomic mass is 35.5. The second kappa shape index (κ2) is 6.56. The van der Waals surface area contributed by atoms with Gasteiger partial charge >= 0.3 is 0 Å². The molecule has 3 heterocycles. The number of halogens is 2. The number of nitrogens with zero attached hydrogens (tertiary/aromatic N) is 3. The van der Waals surface area contributed by atoms with E-state index in [0.29, 0.717) is 15.7 Å². The number of amides is 2. The third kappa shape index (κ3) is 2.54. The molecule has 5 rings (SSSR count). The number of benzene rings is 2. The van der Waals surface area contributed by atoms with Crippen LogP contribution < -0.4 is 4.90 Å². The highest BCUT2D eigenvalue weighted by molar-refractivity contribution is 6.38. The largest absolute Gasteiger partial charge is 0.274 e. The van der Waals surface area contributed by atoms with Gasteiger partial charge in [-0.25, -0.2) is 14.9 Å². The van der Waals surface area contributed by atoms with Crippen molar-refractivity contribution in [2.45, 2.75) is 25.4 Å². The highest BCUT2D eigenvalue weighted by Gasteiger charge is 2.63. The lowest BCUT2D eigenvalue weighted by molar-refractivity contribution is -0.126. The summed E-state index contributed by atoms with van der Waals surface area (Å²) < 4.78 is 0. The van der Waals surface area contributed by atoms with Gasteiger partial charge in [-0.2, -0.15) is 0 Å². The number of hydrogen-bond acceptors (Lipinski definition) is 4. The van der Waals surface area contributed by atoms with Crippen molar-refractivity contribution in [3.8, 4) is 0 Å². The van der Waals surface area contributed by atoms with E-state index in [-0.39, 0.29) is 17.9 Å². The number of fused-ring (bicyclic) bond motifs is 3. The van der Waals surface area contributed by atoms with Crippen LogP contribution in [0.2, 0.25) is 10.0 Å². The van der Waals surface area contributed by atoms with Crippen LogP contribution in [0.5, 0.6) is 0 Å². The molecule has 5 nitrogen and oxygen atoms in total. The fraction of sp³-hybridized carbons (Fsp3) is 0.333. The van der Waals surface area contributed by atoms with E-state index in [9.17, 15) is 9.59 Å². The van der Waals surface area contributed by atoms with Crippen LogP contribution in [0.4, 0.5) is 5.69 Å². The molecule has 0 radical (unpaired) electrons. The molecule has 3 aliphatic rings. The number of hydrazine groups is 1. The first-order valence-electron chi connectivity index (χ1n) is 9.40. The molecule has 0 bridgehead atoms. The van der Waals surface area contributed by atoms with Crippen LogP contribution in [0.3, 0.4) is 0 Å². The minimum Gasteiger partial charge on any atom is -0.274 e. The van der Waals surface area contributed by atoms with Crippen molar-refractivity contribution in [1.82, 2.24) is 10.0 Å². The number of rotatable bonds is 2. The Labute approximate surface area is 173 Å². The molecule has 0 spiro atoms. The molecule has 3 unspecified atom stereocenters. The van der Waals surface area contributed by atoms with Crippen molar-refractivity contribution in [3.05, 3.63) is 63.6 Å². The number of hydrogen-bond donors (Lipinski definition) is 0. The van der Waals surface area contributed by atoms with Crippen molar-refractivity contribution in [2.24, 2.45) is 5.92 Å². The average molecular weight is 416 g/mol. The van der Waals surface area contributed by atoms with E-state index in [4.69, 9.17) is 23.2 Å². The molecular weight excluding hydrogens is 397 g/mol. The van der Waals surface area contributed by atoms with Gasteiger partial charge in [0, 0.05) is 18.1 Å². The average Bonchev–Trinajstić information content (AvgIpc) is 3.30. The number of imide groups is 1. The summed E-state index contributed by atoms with van der Waals surface area (Å²) in [6.45, 7) is 3.68. The Kier molecular flexibility index (Phi) is 4.25. The van der Waals surface area contributed by atoms with E-state index in [0.717, 1.165) is 25.1 Å².